The van der Waals surface area contributed by atoms with E-state index in [2.05, 4.69) is 45.2 Å². The van der Waals surface area contributed by atoms with E-state index in [-0.39, 0.29) is 0 Å². The van der Waals surface area contributed by atoms with Crippen molar-refractivity contribution >= 4 is 68.4 Å². The monoisotopic (exact) mass is 562 g/mol. The van der Waals surface area contributed by atoms with Crippen molar-refractivity contribution in [1.82, 2.24) is 0 Å². The number of rotatable bonds is 5. The molecule has 0 aromatic heterocycles. The maximum atomic E-state index is 6.01. The summed E-state index contributed by atoms with van der Waals surface area (Å²) in [6, 6.07) is 7.56. The van der Waals surface area contributed by atoms with Gasteiger partial charge in [-0.25, -0.2) is 0 Å². The van der Waals surface area contributed by atoms with Crippen LogP contribution in [-0.4, -0.2) is 13.2 Å². The standard InChI is InChI=1S/C16H14Cl2I2O2/c1-9-5-11(17)7-13(19)15(9)21-3-4-22-16-10(2)6-12(18)8-14(16)20/h5-8H,3-4H2,1-2H3. The first-order valence-corrected chi connectivity index (χ1v) is 9.46. The first-order chi connectivity index (χ1) is 10.4. The summed E-state index contributed by atoms with van der Waals surface area (Å²) >= 11 is 16.5. The third-order valence-corrected chi connectivity index (χ3v) is 5.00. The average molecular weight is 563 g/mol. The zero-order valence-electron chi connectivity index (χ0n) is 12.1. The highest BCUT2D eigenvalue weighted by Gasteiger charge is 2.09. The maximum absolute atomic E-state index is 6.01. The van der Waals surface area contributed by atoms with Crippen molar-refractivity contribution < 1.29 is 9.47 Å². The molecule has 0 unspecified atom stereocenters. The van der Waals surface area contributed by atoms with Crippen molar-refractivity contribution in [2.24, 2.45) is 0 Å². The Morgan fingerprint density at radius 1 is 0.773 bits per heavy atom. The van der Waals surface area contributed by atoms with Crippen molar-refractivity contribution in [2.75, 3.05) is 13.2 Å². The number of hydrogen-bond donors (Lipinski definition) is 0. The zero-order valence-corrected chi connectivity index (χ0v) is 17.9. The summed E-state index contributed by atoms with van der Waals surface area (Å²) in [6.07, 6.45) is 0. The van der Waals surface area contributed by atoms with Gasteiger partial charge < -0.3 is 9.47 Å². The van der Waals surface area contributed by atoms with Gasteiger partial charge in [0, 0.05) is 10.0 Å². The second kappa shape index (κ2) is 8.26. The summed E-state index contributed by atoms with van der Waals surface area (Å²) in [4.78, 5) is 0. The summed E-state index contributed by atoms with van der Waals surface area (Å²) in [5, 5.41) is 1.44. The van der Waals surface area contributed by atoms with E-state index in [1.807, 2.05) is 38.1 Å². The molecule has 0 saturated carbocycles. The highest BCUT2D eigenvalue weighted by Crippen LogP contribution is 2.30. The summed E-state index contributed by atoms with van der Waals surface area (Å²) in [5.74, 6) is 1.72. The molecule has 0 spiro atoms. The Morgan fingerprint density at radius 2 is 1.14 bits per heavy atom. The van der Waals surface area contributed by atoms with E-state index in [9.17, 15) is 0 Å². The molecule has 0 amide bonds. The molecule has 0 aliphatic carbocycles. The van der Waals surface area contributed by atoms with Gasteiger partial charge in [-0.15, -0.1) is 0 Å². The third kappa shape index (κ3) is 4.79. The van der Waals surface area contributed by atoms with Crippen molar-refractivity contribution in [1.29, 1.82) is 0 Å². The topological polar surface area (TPSA) is 18.5 Å². The van der Waals surface area contributed by atoms with Gasteiger partial charge >= 0.3 is 0 Å². The lowest BCUT2D eigenvalue weighted by Crippen LogP contribution is -2.11. The fourth-order valence-corrected chi connectivity index (χ4v) is 4.78. The van der Waals surface area contributed by atoms with Gasteiger partial charge in [-0.3, -0.25) is 0 Å². The molecule has 6 heteroatoms. The molecule has 2 nitrogen and oxygen atoms in total. The number of ether oxygens (including phenoxy) is 2. The maximum Gasteiger partial charge on any atom is 0.135 e. The van der Waals surface area contributed by atoms with Crippen LogP contribution in [0.1, 0.15) is 11.1 Å². The Kier molecular flexibility index (Phi) is 6.91. The van der Waals surface area contributed by atoms with Crippen LogP contribution < -0.4 is 9.47 Å². The predicted molar refractivity (Wildman–Crippen MR) is 109 cm³/mol. The van der Waals surface area contributed by atoms with E-state index in [0.717, 1.165) is 39.8 Å². The lowest BCUT2D eigenvalue weighted by Gasteiger charge is -2.14. The summed E-state index contributed by atoms with van der Waals surface area (Å²) in [6.45, 7) is 4.90. The van der Waals surface area contributed by atoms with Gasteiger partial charge in [0.15, 0.2) is 0 Å². The summed E-state index contributed by atoms with van der Waals surface area (Å²) in [7, 11) is 0. The second-order valence-electron chi connectivity index (χ2n) is 4.76. The van der Waals surface area contributed by atoms with E-state index in [1.54, 1.807) is 0 Å². The molecule has 2 aromatic rings. The lowest BCUT2D eigenvalue weighted by molar-refractivity contribution is 0.213. The Hall–Kier alpha value is 0.0800. The van der Waals surface area contributed by atoms with Crippen molar-refractivity contribution in [3.8, 4) is 11.5 Å². The molecule has 0 radical (unpaired) electrons. The molecule has 0 atom stereocenters. The third-order valence-electron chi connectivity index (χ3n) is 2.96. The fraction of sp³-hybridized carbons (Fsp3) is 0.250. The molecule has 0 bridgehead atoms. The van der Waals surface area contributed by atoms with Gasteiger partial charge in [0.25, 0.3) is 0 Å². The quantitative estimate of drug-likeness (QED) is 0.316. The first kappa shape index (κ1) is 18.4. The van der Waals surface area contributed by atoms with Crippen LogP contribution >= 0.6 is 68.4 Å². The minimum atomic E-state index is 0.469. The molecule has 0 heterocycles. The molecule has 0 aliphatic rings. The molecule has 0 aliphatic heterocycles. The van der Waals surface area contributed by atoms with Crippen LogP contribution in [0.4, 0.5) is 0 Å². The van der Waals surface area contributed by atoms with E-state index in [1.165, 1.54) is 0 Å². The Labute approximate surface area is 167 Å². The van der Waals surface area contributed by atoms with Crippen LogP contribution in [-0.2, 0) is 0 Å². The van der Waals surface area contributed by atoms with Crippen LogP contribution in [0, 0.1) is 21.0 Å². The average Bonchev–Trinajstić information content (AvgIpc) is 2.38. The number of aryl methyl sites for hydroxylation is 2. The number of benzene rings is 2. The molecule has 2 rings (SSSR count). The number of hydrogen-bond acceptors (Lipinski definition) is 2. The molecule has 2 aromatic carbocycles. The number of halogens is 4. The van der Waals surface area contributed by atoms with Crippen LogP contribution in [0.2, 0.25) is 10.0 Å². The Bertz CT molecular complexity index is 584. The molecule has 22 heavy (non-hydrogen) atoms. The molecule has 0 fully saturated rings. The second-order valence-corrected chi connectivity index (χ2v) is 7.96. The molecule has 118 valence electrons. The van der Waals surface area contributed by atoms with Gasteiger partial charge in [-0.1, -0.05) is 23.2 Å². The molecule has 0 saturated heterocycles. The zero-order chi connectivity index (χ0) is 16.3. The summed E-state index contributed by atoms with van der Waals surface area (Å²) in [5.41, 5.74) is 2.04. The van der Waals surface area contributed by atoms with E-state index < -0.39 is 0 Å². The molecular weight excluding hydrogens is 549 g/mol. The van der Waals surface area contributed by atoms with E-state index in [4.69, 9.17) is 32.7 Å². The smallest absolute Gasteiger partial charge is 0.135 e. The Balaban J connectivity index is 1.96. The highest BCUT2D eigenvalue weighted by molar-refractivity contribution is 14.1. The fourth-order valence-electron chi connectivity index (χ4n) is 2.03. The van der Waals surface area contributed by atoms with Gasteiger partial charge in [-0.2, -0.15) is 0 Å². The van der Waals surface area contributed by atoms with Crippen molar-refractivity contribution in [3.63, 3.8) is 0 Å². The normalized spacial score (nSPS) is 10.6. The van der Waals surface area contributed by atoms with Gasteiger partial charge in [0.05, 0.1) is 7.14 Å². The van der Waals surface area contributed by atoms with Crippen molar-refractivity contribution in [3.05, 3.63) is 52.6 Å². The predicted octanol–water partition coefficient (Wildman–Crippen LogP) is 6.28. The van der Waals surface area contributed by atoms with Gasteiger partial charge in [-0.05, 0) is 94.4 Å². The van der Waals surface area contributed by atoms with Crippen LogP contribution in [0.15, 0.2) is 24.3 Å². The van der Waals surface area contributed by atoms with E-state index >= 15 is 0 Å². The first-order valence-electron chi connectivity index (χ1n) is 6.55. The molecular formula is C16H14Cl2I2O2. The largest absolute Gasteiger partial charge is 0.489 e. The van der Waals surface area contributed by atoms with Gasteiger partial charge in [0.2, 0.25) is 0 Å². The minimum absolute atomic E-state index is 0.469. The van der Waals surface area contributed by atoms with Crippen LogP contribution in [0.5, 0.6) is 11.5 Å². The van der Waals surface area contributed by atoms with Crippen LogP contribution in [0.25, 0.3) is 0 Å². The lowest BCUT2D eigenvalue weighted by atomic mass is 10.2. The summed E-state index contributed by atoms with van der Waals surface area (Å²) < 4.78 is 13.7. The SMILES string of the molecule is Cc1cc(Cl)cc(I)c1OCCOc1c(C)cc(Cl)cc1I. The minimum Gasteiger partial charge on any atom is -0.489 e. The molecule has 0 N–H and O–H groups in total. The Morgan fingerprint density at radius 3 is 1.45 bits per heavy atom. The highest BCUT2D eigenvalue weighted by atomic mass is 127. The van der Waals surface area contributed by atoms with Gasteiger partial charge in [0.1, 0.15) is 24.7 Å². The van der Waals surface area contributed by atoms with Crippen molar-refractivity contribution in [2.45, 2.75) is 13.8 Å². The van der Waals surface area contributed by atoms with E-state index in [0.29, 0.717) is 13.2 Å². The van der Waals surface area contributed by atoms with Crippen LogP contribution in [0.3, 0.4) is 0 Å².